The Hall–Kier alpha value is -4.43. The first-order valence-electron chi connectivity index (χ1n) is 10.6. The number of nitro groups is 2. The van der Waals surface area contributed by atoms with E-state index in [0.717, 1.165) is 6.07 Å². The highest BCUT2D eigenvalue weighted by Gasteiger charge is 2.37. The number of carbonyl (C=O) groups is 3. The van der Waals surface area contributed by atoms with Crippen LogP contribution in [0.25, 0.3) is 6.08 Å². The number of halogens is 2. The fourth-order valence-corrected chi connectivity index (χ4v) is 4.88. The van der Waals surface area contributed by atoms with Crippen molar-refractivity contribution in [3.05, 3.63) is 107 Å². The Labute approximate surface area is 230 Å². The molecule has 12 nitrogen and oxygen atoms in total. The van der Waals surface area contributed by atoms with Gasteiger partial charge in [0.2, 0.25) is 0 Å². The van der Waals surface area contributed by atoms with Gasteiger partial charge in [0.05, 0.1) is 20.0 Å². The number of non-ortho nitro benzene ring substituents is 2. The number of hydrogen-bond acceptors (Lipinski definition) is 8. The van der Waals surface area contributed by atoms with E-state index in [0.29, 0.717) is 25.0 Å². The molecule has 0 aromatic heterocycles. The predicted molar refractivity (Wildman–Crippen MR) is 141 cm³/mol. The normalized spacial score (nSPS) is 14.4. The molecule has 0 saturated carbocycles. The number of barbiturate groups is 1. The Bertz CT molecular complexity index is 1540. The van der Waals surface area contributed by atoms with Gasteiger partial charge in [0.25, 0.3) is 23.2 Å². The van der Waals surface area contributed by atoms with Crippen LogP contribution >= 0.6 is 31.9 Å². The summed E-state index contributed by atoms with van der Waals surface area (Å²) in [5, 5.41) is 24.1. The molecular weight excluding hydrogens is 632 g/mol. The summed E-state index contributed by atoms with van der Waals surface area (Å²) in [7, 11) is 0. The molecular formula is C24H14Br2N4O8. The minimum absolute atomic E-state index is 0.00678. The average Bonchev–Trinajstić information content (AvgIpc) is 2.86. The van der Waals surface area contributed by atoms with Crippen LogP contribution in [0.2, 0.25) is 0 Å². The van der Waals surface area contributed by atoms with E-state index in [9.17, 15) is 34.6 Å². The summed E-state index contributed by atoms with van der Waals surface area (Å²) >= 11 is 6.74. The van der Waals surface area contributed by atoms with Crippen LogP contribution in [-0.4, -0.2) is 27.7 Å². The zero-order chi connectivity index (χ0) is 27.6. The Morgan fingerprint density at radius 2 is 1.61 bits per heavy atom. The number of anilines is 1. The van der Waals surface area contributed by atoms with E-state index in [1.54, 1.807) is 12.1 Å². The van der Waals surface area contributed by atoms with Crippen molar-refractivity contribution in [1.29, 1.82) is 0 Å². The number of nitro benzene ring substituents is 2. The molecule has 0 atom stereocenters. The molecule has 1 heterocycles. The fourth-order valence-electron chi connectivity index (χ4n) is 3.50. The van der Waals surface area contributed by atoms with Crippen LogP contribution < -0.4 is 15.0 Å². The summed E-state index contributed by atoms with van der Waals surface area (Å²) in [6, 6.07) is 12.8. The number of amides is 4. The highest BCUT2D eigenvalue weighted by Crippen LogP contribution is 2.36. The van der Waals surface area contributed by atoms with Crippen molar-refractivity contribution in [2.45, 2.75) is 6.61 Å². The number of nitrogens with zero attached hydrogens (tertiary/aromatic N) is 3. The van der Waals surface area contributed by atoms with Crippen molar-refractivity contribution < 1.29 is 29.0 Å². The Kier molecular flexibility index (Phi) is 7.64. The SMILES string of the molecule is O=C1NC(=O)N(c2cccc([N+](=O)[O-])c2)C(=O)/C1=C/c1cc(Br)cc(Br)c1OCc1ccc([N+](=O)[O-])cc1. The minimum atomic E-state index is -1.05. The van der Waals surface area contributed by atoms with Gasteiger partial charge < -0.3 is 4.74 Å². The summed E-state index contributed by atoms with van der Waals surface area (Å²) in [5.74, 6) is -1.70. The molecule has 1 aliphatic rings. The lowest BCUT2D eigenvalue weighted by Crippen LogP contribution is -2.54. The van der Waals surface area contributed by atoms with Gasteiger partial charge in [-0.2, -0.15) is 0 Å². The molecule has 1 aliphatic heterocycles. The topological polar surface area (TPSA) is 162 Å². The van der Waals surface area contributed by atoms with Crippen LogP contribution in [0.4, 0.5) is 21.9 Å². The number of rotatable bonds is 7. The number of nitrogens with one attached hydrogen (secondary N) is 1. The molecule has 4 amide bonds. The molecule has 38 heavy (non-hydrogen) atoms. The summed E-state index contributed by atoms with van der Waals surface area (Å²) in [6.45, 7) is 0.00678. The highest BCUT2D eigenvalue weighted by atomic mass is 79.9. The maximum absolute atomic E-state index is 13.3. The van der Waals surface area contributed by atoms with E-state index in [1.807, 2.05) is 0 Å². The third-order valence-corrected chi connectivity index (χ3v) is 6.31. The number of ether oxygens (including phenoxy) is 1. The summed E-state index contributed by atoms with van der Waals surface area (Å²) in [4.78, 5) is 59.9. The van der Waals surface area contributed by atoms with Gasteiger partial charge in [-0.05, 0) is 57.9 Å². The number of carbonyl (C=O) groups excluding carboxylic acids is 3. The Balaban J connectivity index is 1.69. The maximum atomic E-state index is 13.3. The molecule has 1 saturated heterocycles. The van der Waals surface area contributed by atoms with E-state index in [1.165, 1.54) is 48.5 Å². The van der Waals surface area contributed by atoms with E-state index in [-0.39, 0.29) is 29.4 Å². The minimum Gasteiger partial charge on any atom is -0.487 e. The van der Waals surface area contributed by atoms with Crippen LogP contribution in [0.3, 0.4) is 0 Å². The van der Waals surface area contributed by atoms with Crippen LogP contribution in [0.5, 0.6) is 5.75 Å². The van der Waals surface area contributed by atoms with E-state index in [4.69, 9.17) is 4.74 Å². The van der Waals surface area contributed by atoms with Gasteiger partial charge in [0.1, 0.15) is 17.9 Å². The van der Waals surface area contributed by atoms with Crippen molar-refractivity contribution in [2.75, 3.05) is 4.90 Å². The van der Waals surface area contributed by atoms with Gasteiger partial charge in [-0.3, -0.25) is 35.1 Å². The third kappa shape index (κ3) is 5.60. The van der Waals surface area contributed by atoms with Gasteiger partial charge in [0, 0.05) is 34.3 Å². The van der Waals surface area contributed by atoms with Gasteiger partial charge in [-0.25, -0.2) is 9.69 Å². The smallest absolute Gasteiger partial charge is 0.335 e. The molecule has 0 unspecified atom stereocenters. The van der Waals surface area contributed by atoms with E-state index in [2.05, 4.69) is 37.2 Å². The Morgan fingerprint density at radius 1 is 0.921 bits per heavy atom. The standard InChI is InChI=1S/C24H14Br2N4O8/c25-15-8-14(21(20(26)10-15)38-12-13-4-6-16(7-5-13)29(34)35)9-19-22(31)27-24(33)28(23(19)32)17-2-1-3-18(11-17)30(36)37/h1-11H,12H2,(H,27,31,33)/b19-9+. The maximum Gasteiger partial charge on any atom is 0.335 e. The van der Waals surface area contributed by atoms with Crippen LogP contribution in [0.1, 0.15) is 11.1 Å². The van der Waals surface area contributed by atoms with Crippen LogP contribution in [0, 0.1) is 20.2 Å². The van der Waals surface area contributed by atoms with Gasteiger partial charge in [-0.15, -0.1) is 0 Å². The van der Waals surface area contributed by atoms with Crippen molar-refractivity contribution in [3.63, 3.8) is 0 Å². The quantitative estimate of drug-likeness (QED) is 0.157. The zero-order valence-corrected chi connectivity index (χ0v) is 22.1. The molecule has 3 aromatic rings. The van der Waals surface area contributed by atoms with Gasteiger partial charge in [0.15, 0.2) is 0 Å². The first-order valence-corrected chi connectivity index (χ1v) is 12.1. The molecule has 0 radical (unpaired) electrons. The van der Waals surface area contributed by atoms with Gasteiger partial charge >= 0.3 is 6.03 Å². The van der Waals surface area contributed by atoms with Crippen molar-refractivity contribution in [2.24, 2.45) is 0 Å². The van der Waals surface area contributed by atoms with Crippen LogP contribution in [-0.2, 0) is 16.2 Å². The predicted octanol–water partition coefficient (Wildman–Crippen LogP) is 5.27. The van der Waals surface area contributed by atoms with E-state index < -0.39 is 33.3 Å². The molecule has 0 spiro atoms. The number of benzene rings is 3. The first-order chi connectivity index (χ1) is 18.0. The lowest BCUT2D eigenvalue weighted by atomic mass is 10.1. The second-order valence-electron chi connectivity index (χ2n) is 7.75. The van der Waals surface area contributed by atoms with Crippen molar-refractivity contribution in [3.8, 4) is 5.75 Å². The number of hydrogen-bond donors (Lipinski definition) is 1. The lowest BCUT2D eigenvalue weighted by molar-refractivity contribution is -0.385. The number of urea groups is 1. The molecule has 3 aromatic carbocycles. The molecule has 0 aliphatic carbocycles. The average molecular weight is 646 g/mol. The third-order valence-electron chi connectivity index (χ3n) is 5.27. The zero-order valence-electron chi connectivity index (χ0n) is 18.9. The lowest BCUT2D eigenvalue weighted by Gasteiger charge is -2.26. The second kappa shape index (κ2) is 10.9. The summed E-state index contributed by atoms with van der Waals surface area (Å²) in [5.41, 5.74) is -0.0125. The molecule has 4 rings (SSSR count). The monoisotopic (exact) mass is 644 g/mol. The summed E-state index contributed by atoms with van der Waals surface area (Å²) < 4.78 is 6.96. The molecule has 192 valence electrons. The van der Waals surface area contributed by atoms with E-state index >= 15 is 0 Å². The highest BCUT2D eigenvalue weighted by molar-refractivity contribution is 9.11. The van der Waals surface area contributed by atoms with Gasteiger partial charge in [-0.1, -0.05) is 22.0 Å². The number of imide groups is 2. The first kappa shape index (κ1) is 26.6. The van der Waals surface area contributed by atoms with Crippen molar-refractivity contribution in [1.82, 2.24) is 5.32 Å². The molecule has 1 fully saturated rings. The summed E-state index contributed by atoms with van der Waals surface area (Å²) in [6.07, 6.45) is 1.23. The molecule has 1 N–H and O–H groups in total. The molecule has 14 heteroatoms. The second-order valence-corrected chi connectivity index (χ2v) is 9.52. The van der Waals surface area contributed by atoms with Crippen LogP contribution in [0.15, 0.2) is 75.2 Å². The molecule has 0 bridgehead atoms. The largest absolute Gasteiger partial charge is 0.487 e. The van der Waals surface area contributed by atoms with Crippen molar-refractivity contribution >= 4 is 72.8 Å². The fraction of sp³-hybridized carbons (Fsp3) is 0.0417. The Morgan fingerprint density at radius 3 is 2.26 bits per heavy atom.